The fourth-order valence-electron chi connectivity index (χ4n) is 3.96. The third kappa shape index (κ3) is 5.80. The van der Waals surface area contributed by atoms with Gasteiger partial charge >= 0.3 is 0 Å². The van der Waals surface area contributed by atoms with Crippen LogP contribution in [0.25, 0.3) is 10.8 Å². The Morgan fingerprint density at radius 2 is 1.68 bits per heavy atom. The van der Waals surface area contributed by atoms with Crippen LogP contribution in [0.1, 0.15) is 32.8 Å². The molecule has 4 aromatic rings. The quantitative estimate of drug-likeness (QED) is 0.374. The molecule has 34 heavy (non-hydrogen) atoms. The summed E-state index contributed by atoms with van der Waals surface area (Å²) in [6, 6.07) is 26.5. The molecule has 5 nitrogen and oxygen atoms in total. The van der Waals surface area contributed by atoms with Crippen molar-refractivity contribution >= 4 is 34.2 Å². The molecule has 0 fully saturated rings. The van der Waals surface area contributed by atoms with Crippen LogP contribution in [-0.2, 0) is 6.42 Å². The number of nitrogens with zero attached hydrogens (tertiary/aromatic N) is 2. The van der Waals surface area contributed by atoms with Crippen molar-refractivity contribution in [1.82, 2.24) is 15.2 Å². The Bertz CT molecular complexity index is 1280. The highest BCUT2D eigenvalue weighted by Crippen LogP contribution is 2.20. The van der Waals surface area contributed by atoms with Crippen molar-refractivity contribution in [3.63, 3.8) is 0 Å². The molecule has 1 N–H and O–H groups in total. The summed E-state index contributed by atoms with van der Waals surface area (Å²) in [6.07, 6.45) is 2.83. The van der Waals surface area contributed by atoms with E-state index in [9.17, 15) is 9.59 Å². The molecule has 2 amide bonds. The van der Waals surface area contributed by atoms with Crippen molar-refractivity contribution < 1.29 is 9.59 Å². The third-order valence-electron chi connectivity index (χ3n) is 5.91. The van der Waals surface area contributed by atoms with E-state index in [0.717, 1.165) is 16.3 Å². The van der Waals surface area contributed by atoms with Gasteiger partial charge in [0.05, 0.1) is 0 Å². The summed E-state index contributed by atoms with van der Waals surface area (Å²) < 4.78 is 0. The van der Waals surface area contributed by atoms with E-state index >= 15 is 0 Å². The highest BCUT2D eigenvalue weighted by Gasteiger charge is 2.22. The molecule has 0 radical (unpaired) electrons. The van der Waals surface area contributed by atoms with E-state index in [1.807, 2.05) is 73.8 Å². The molecule has 0 aliphatic heterocycles. The molecule has 0 saturated carbocycles. The maximum absolute atomic E-state index is 13.4. The Kier molecular flexibility index (Phi) is 7.55. The second-order valence-corrected chi connectivity index (χ2v) is 8.66. The highest BCUT2D eigenvalue weighted by molar-refractivity contribution is 6.30. The molecule has 0 spiro atoms. The number of hydrogen-bond donors (Lipinski definition) is 1. The lowest BCUT2D eigenvalue weighted by Gasteiger charge is -2.29. The molecule has 172 valence electrons. The number of halogens is 1. The lowest BCUT2D eigenvalue weighted by atomic mass is 10.0. The van der Waals surface area contributed by atoms with Gasteiger partial charge in [0, 0.05) is 36.4 Å². The molecule has 3 aromatic carbocycles. The van der Waals surface area contributed by atoms with Gasteiger partial charge in [-0.15, -0.1) is 0 Å². The molecule has 0 bridgehead atoms. The van der Waals surface area contributed by atoms with Crippen LogP contribution >= 0.6 is 11.6 Å². The highest BCUT2D eigenvalue weighted by atomic mass is 35.5. The topological polar surface area (TPSA) is 62.3 Å². The number of carbonyl (C=O) groups is 2. The van der Waals surface area contributed by atoms with E-state index in [1.165, 1.54) is 0 Å². The molecular formula is C28H26ClN3O2. The maximum atomic E-state index is 13.4. The van der Waals surface area contributed by atoms with Crippen LogP contribution in [0, 0.1) is 0 Å². The van der Waals surface area contributed by atoms with Crippen LogP contribution in [0.15, 0.2) is 91.1 Å². The first kappa shape index (κ1) is 23.5. The molecular weight excluding hydrogens is 446 g/mol. The monoisotopic (exact) mass is 471 g/mol. The maximum Gasteiger partial charge on any atom is 0.269 e. The summed E-state index contributed by atoms with van der Waals surface area (Å²) >= 11 is 6.05. The molecule has 0 saturated heterocycles. The largest absolute Gasteiger partial charge is 0.351 e. The lowest BCUT2D eigenvalue weighted by Crippen LogP contribution is -2.41. The van der Waals surface area contributed by atoms with Crippen molar-refractivity contribution in [2.75, 3.05) is 13.6 Å². The van der Waals surface area contributed by atoms with Crippen LogP contribution in [-0.4, -0.2) is 41.3 Å². The van der Waals surface area contributed by atoms with E-state index < -0.39 is 0 Å². The van der Waals surface area contributed by atoms with Crippen molar-refractivity contribution in [2.24, 2.45) is 0 Å². The van der Waals surface area contributed by atoms with E-state index in [-0.39, 0.29) is 17.9 Å². The van der Waals surface area contributed by atoms with Crippen LogP contribution < -0.4 is 5.32 Å². The smallest absolute Gasteiger partial charge is 0.269 e. The number of likely N-dealkylation sites (N-methyl/N-ethyl adjacent to an activating group) is 1. The Hall–Kier alpha value is -3.70. The average Bonchev–Trinajstić information content (AvgIpc) is 2.88. The Balaban J connectivity index is 1.49. The van der Waals surface area contributed by atoms with Gasteiger partial charge in [0.1, 0.15) is 5.69 Å². The van der Waals surface area contributed by atoms with E-state index in [0.29, 0.717) is 35.7 Å². The predicted octanol–water partition coefficient (Wildman–Crippen LogP) is 5.39. The van der Waals surface area contributed by atoms with Gasteiger partial charge in [-0.05, 0) is 65.6 Å². The fraction of sp³-hybridized carbons (Fsp3) is 0.179. The number of aromatic nitrogens is 1. The first-order valence-electron chi connectivity index (χ1n) is 11.2. The average molecular weight is 472 g/mol. The van der Waals surface area contributed by atoms with Crippen LogP contribution in [0.5, 0.6) is 0 Å². The number of rotatable bonds is 8. The first-order valence-corrected chi connectivity index (χ1v) is 11.6. The summed E-state index contributed by atoms with van der Waals surface area (Å²) in [5.41, 5.74) is 2.08. The number of amides is 2. The Morgan fingerprint density at radius 1 is 0.941 bits per heavy atom. The zero-order chi connectivity index (χ0) is 23.9. The van der Waals surface area contributed by atoms with Crippen molar-refractivity contribution in [1.29, 1.82) is 0 Å². The molecule has 1 aromatic heterocycles. The Labute approximate surface area is 204 Å². The van der Waals surface area contributed by atoms with Gasteiger partial charge in [-0.1, -0.05) is 60.1 Å². The molecule has 0 aliphatic rings. The lowest BCUT2D eigenvalue weighted by molar-refractivity contribution is 0.0723. The van der Waals surface area contributed by atoms with Gasteiger partial charge in [0.2, 0.25) is 0 Å². The van der Waals surface area contributed by atoms with Crippen molar-refractivity contribution in [3.05, 3.63) is 113 Å². The van der Waals surface area contributed by atoms with Crippen molar-refractivity contribution in [3.8, 4) is 0 Å². The van der Waals surface area contributed by atoms with Gasteiger partial charge in [-0.2, -0.15) is 0 Å². The minimum Gasteiger partial charge on any atom is -0.351 e. The van der Waals surface area contributed by atoms with Gasteiger partial charge in [0.15, 0.2) is 0 Å². The van der Waals surface area contributed by atoms with Crippen molar-refractivity contribution in [2.45, 2.75) is 18.9 Å². The van der Waals surface area contributed by atoms with Gasteiger partial charge in [-0.25, -0.2) is 0 Å². The number of nitrogens with one attached hydrogen (secondary N) is 1. The second-order valence-electron chi connectivity index (χ2n) is 8.22. The van der Waals surface area contributed by atoms with Crippen LogP contribution in [0.4, 0.5) is 0 Å². The van der Waals surface area contributed by atoms with Gasteiger partial charge in [-0.3, -0.25) is 14.6 Å². The second kappa shape index (κ2) is 10.9. The molecule has 6 heteroatoms. The molecule has 4 rings (SSSR count). The molecule has 1 atom stereocenters. The van der Waals surface area contributed by atoms with E-state index in [4.69, 9.17) is 11.6 Å². The first-order chi connectivity index (χ1) is 16.5. The normalized spacial score (nSPS) is 11.7. The zero-order valence-electron chi connectivity index (χ0n) is 18.9. The third-order valence-corrected chi connectivity index (χ3v) is 6.16. The minimum absolute atomic E-state index is 0.0548. The van der Waals surface area contributed by atoms with Crippen LogP contribution in [0.3, 0.4) is 0 Å². The SMILES string of the molecule is CN(C(=O)c1ccc2ccccc2c1)C(CCNC(=O)c1ccccn1)Cc1ccc(Cl)cc1. The summed E-state index contributed by atoms with van der Waals surface area (Å²) in [5, 5.41) is 5.71. The summed E-state index contributed by atoms with van der Waals surface area (Å²) in [7, 11) is 1.82. The van der Waals surface area contributed by atoms with E-state index in [1.54, 1.807) is 29.3 Å². The number of benzene rings is 3. The Morgan fingerprint density at radius 3 is 2.41 bits per heavy atom. The number of fused-ring (bicyclic) bond motifs is 1. The number of hydrogen-bond acceptors (Lipinski definition) is 3. The number of carbonyl (C=O) groups excluding carboxylic acids is 2. The van der Waals surface area contributed by atoms with Gasteiger partial charge in [0.25, 0.3) is 11.8 Å². The summed E-state index contributed by atoms with van der Waals surface area (Å²) in [6.45, 7) is 0.420. The van der Waals surface area contributed by atoms with Crippen LogP contribution in [0.2, 0.25) is 5.02 Å². The molecule has 1 heterocycles. The number of pyridine rings is 1. The molecule has 0 aliphatic carbocycles. The minimum atomic E-state index is -0.227. The standard InChI is InChI=1S/C28H26ClN3O2/c1-32(28(34)23-12-11-21-6-2-3-7-22(21)19-23)25(18-20-9-13-24(29)14-10-20)15-17-31-27(33)26-8-4-5-16-30-26/h2-14,16,19,25H,15,17-18H2,1H3,(H,31,33). The fourth-order valence-corrected chi connectivity index (χ4v) is 4.08. The van der Waals surface area contributed by atoms with E-state index in [2.05, 4.69) is 10.3 Å². The van der Waals surface area contributed by atoms with Gasteiger partial charge < -0.3 is 10.2 Å². The molecule has 1 unspecified atom stereocenters. The zero-order valence-corrected chi connectivity index (χ0v) is 19.7. The summed E-state index contributed by atoms with van der Waals surface area (Å²) in [4.78, 5) is 31.7. The summed E-state index contributed by atoms with van der Waals surface area (Å²) in [5.74, 6) is -0.282. The predicted molar refractivity (Wildman–Crippen MR) is 136 cm³/mol.